The summed E-state index contributed by atoms with van der Waals surface area (Å²) in [6.45, 7) is 1.88. The molecule has 0 saturated carbocycles. The summed E-state index contributed by atoms with van der Waals surface area (Å²) in [4.78, 5) is 16.1. The molecule has 1 aromatic carbocycles. The number of pyridine rings is 1. The van der Waals surface area contributed by atoms with Crippen molar-refractivity contribution in [3.05, 3.63) is 65.2 Å². The molecule has 0 aliphatic carbocycles. The SMILES string of the molecule is CCc1cnccc1C(=O)NCC(O)c1ccccc1F. The minimum absolute atomic E-state index is 0.0504. The van der Waals surface area contributed by atoms with Gasteiger partial charge in [0.05, 0.1) is 6.10 Å². The van der Waals surface area contributed by atoms with Crippen LogP contribution in [0.2, 0.25) is 0 Å². The third-order valence-electron chi connectivity index (χ3n) is 3.25. The van der Waals surface area contributed by atoms with Crippen molar-refractivity contribution in [2.75, 3.05) is 6.54 Å². The van der Waals surface area contributed by atoms with E-state index in [-0.39, 0.29) is 18.0 Å². The summed E-state index contributed by atoms with van der Waals surface area (Å²) in [5.41, 5.74) is 1.52. The standard InChI is InChI=1S/C16H17FN2O2/c1-2-11-9-18-8-7-12(11)16(21)19-10-15(20)13-5-3-4-6-14(13)17/h3-9,15,20H,2,10H2,1H3,(H,19,21). The smallest absolute Gasteiger partial charge is 0.251 e. The van der Waals surface area contributed by atoms with Gasteiger partial charge in [0, 0.05) is 30.1 Å². The second kappa shape index (κ2) is 6.95. The van der Waals surface area contributed by atoms with Gasteiger partial charge in [0.1, 0.15) is 5.82 Å². The Labute approximate surface area is 122 Å². The summed E-state index contributed by atoms with van der Waals surface area (Å²) in [6.07, 6.45) is 2.79. The molecular formula is C16H17FN2O2. The summed E-state index contributed by atoms with van der Waals surface area (Å²) in [5.74, 6) is -0.790. The molecule has 0 fully saturated rings. The maximum atomic E-state index is 13.5. The van der Waals surface area contributed by atoms with Crippen molar-refractivity contribution in [1.29, 1.82) is 0 Å². The van der Waals surface area contributed by atoms with E-state index in [2.05, 4.69) is 10.3 Å². The lowest BCUT2D eigenvalue weighted by atomic mass is 10.1. The van der Waals surface area contributed by atoms with E-state index in [1.807, 2.05) is 6.92 Å². The number of benzene rings is 1. The van der Waals surface area contributed by atoms with Crippen molar-refractivity contribution in [2.45, 2.75) is 19.4 Å². The number of hydrogen-bond donors (Lipinski definition) is 2. The first-order chi connectivity index (χ1) is 10.1. The number of nitrogens with one attached hydrogen (secondary N) is 1. The summed E-state index contributed by atoms with van der Waals surface area (Å²) in [5, 5.41) is 12.6. The Bertz CT molecular complexity index is 631. The number of amides is 1. The van der Waals surface area contributed by atoms with Gasteiger partial charge in [-0.15, -0.1) is 0 Å². The van der Waals surface area contributed by atoms with Crippen LogP contribution in [0, 0.1) is 5.82 Å². The zero-order valence-electron chi connectivity index (χ0n) is 11.7. The van der Waals surface area contributed by atoms with Crippen LogP contribution in [0.1, 0.15) is 34.5 Å². The maximum absolute atomic E-state index is 13.5. The molecule has 1 heterocycles. The predicted octanol–water partition coefficient (Wildman–Crippen LogP) is 2.25. The molecule has 110 valence electrons. The van der Waals surface area contributed by atoms with Gasteiger partial charge < -0.3 is 10.4 Å². The van der Waals surface area contributed by atoms with Gasteiger partial charge in [-0.2, -0.15) is 0 Å². The van der Waals surface area contributed by atoms with Crippen molar-refractivity contribution in [1.82, 2.24) is 10.3 Å². The second-order valence-electron chi connectivity index (χ2n) is 4.63. The van der Waals surface area contributed by atoms with Gasteiger partial charge in [0.15, 0.2) is 0 Å². The lowest BCUT2D eigenvalue weighted by Gasteiger charge is -2.14. The highest BCUT2D eigenvalue weighted by Crippen LogP contribution is 2.16. The minimum Gasteiger partial charge on any atom is -0.386 e. The average molecular weight is 288 g/mol. The number of nitrogens with zero attached hydrogens (tertiary/aromatic N) is 1. The summed E-state index contributed by atoms with van der Waals surface area (Å²) in [6, 6.07) is 7.59. The zero-order valence-corrected chi connectivity index (χ0v) is 11.7. The number of rotatable bonds is 5. The van der Waals surface area contributed by atoms with Crippen molar-refractivity contribution in [2.24, 2.45) is 0 Å². The topological polar surface area (TPSA) is 62.2 Å². The van der Waals surface area contributed by atoms with Crippen LogP contribution in [0.15, 0.2) is 42.7 Å². The largest absolute Gasteiger partial charge is 0.386 e. The number of carbonyl (C=O) groups is 1. The summed E-state index contributed by atoms with van der Waals surface area (Å²) >= 11 is 0. The Morgan fingerprint density at radius 1 is 1.38 bits per heavy atom. The first-order valence-corrected chi connectivity index (χ1v) is 6.77. The molecule has 1 amide bonds. The fourth-order valence-corrected chi connectivity index (χ4v) is 2.07. The minimum atomic E-state index is -1.08. The molecule has 2 aromatic rings. The van der Waals surface area contributed by atoms with Crippen molar-refractivity contribution >= 4 is 5.91 Å². The van der Waals surface area contributed by atoms with Gasteiger partial charge in [0.2, 0.25) is 0 Å². The van der Waals surface area contributed by atoms with Crippen LogP contribution in [0.4, 0.5) is 4.39 Å². The van der Waals surface area contributed by atoms with Gasteiger partial charge in [0.25, 0.3) is 5.91 Å². The lowest BCUT2D eigenvalue weighted by molar-refractivity contribution is 0.0913. The normalized spacial score (nSPS) is 12.0. The first-order valence-electron chi connectivity index (χ1n) is 6.77. The summed E-state index contributed by atoms with van der Waals surface area (Å²) < 4.78 is 13.5. The highest BCUT2D eigenvalue weighted by molar-refractivity contribution is 5.95. The van der Waals surface area contributed by atoms with Gasteiger partial charge in [-0.25, -0.2) is 4.39 Å². The van der Waals surface area contributed by atoms with Crippen molar-refractivity contribution < 1.29 is 14.3 Å². The molecule has 0 aliphatic rings. The number of aliphatic hydroxyl groups is 1. The molecule has 0 radical (unpaired) electrons. The molecule has 21 heavy (non-hydrogen) atoms. The maximum Gasteiger partial charge on any atom is 0.251 e. The highest BCUT2D eigenvalue weighted by Gasteiger charge is 2.15. The molecule has 0 spiro atoms. The zero-order chi connectivity index (χ0) is 15.2. The number of aliphatic hydroxyl groups excluding tert-OH is 1. The Balaban J connectivity index is 2.03. The van der Waals surface area contributed by atoms with E-state index in [1.165, 1.54) is 12.1 Å². The first kappa shape index (κ1) is 15.1. The molecule has 5 heteroatoms. The van der Waals surface area contributed by atoms with Gasteiger partial charge in [-0.3, -0.25) is 9.78 Å². The van der Waals surface area contributed by atoms with Gasteiger partial charge in [-0.05, 0) is 24.1 Å². The van der Waals surface area contributed by atoms with E-state index in [4.69, 9.17) is 0 Å². The average Bonchev–Trinajstić information content (AvgIpc) is 2.52. The molecule has 1 aromatic heterocycles. The quantitative estimate of drug-likeness (QED) is 0.887. The fourth-order valence-electron chi connectivity index (χ4n) is 2.07. The number of halogens is 1. The fraction of sp³-hybridized carbons (Fsp3) is 0.250. The lowest BCUT2D eigenvalue weighted by Crippen LogP contribution is -2.29. The number of aromatic nitrogens is 1. The van der Waals surface area contributed by atoms with Crippen molar-refractivity contribution in [3.8, 4) is 0 Å². The molecular weight excluding hydrogens is 271 g/mol. The Morgan fingerprint density at radius 3 is 2.86 bits per heavy atom. The van der Waals surface area contributed by atoms with Crippen LogP contribution >= 0.6 is 0 Å². The van der Waals surface area contributed by atoms with Crippen LogP contribution in [0.5, 0.6) is 0 Å². The monoisotopic (exact) mass is 288 g/mol. The van der Waals surface area contributed by atoms with Crippen LogP contribution < -0.4 is 5.32 Å². The van der Waals surface area contributed by atoms with Crippen LogP contribution in [-0.2, 0) is 6.42 Å². The number of aryl methyl sites for hydroxylation is 1. The molecule has 2 N–H and O–H groups in total. The highest BCUT2D eigenvalue weighted by atomic mass is 19.1. The molecule has 1 atom stereocenters. The molecule has 0 bridgehead atoms. The molecule has 0 aliphatic heterocycles. The van der Waals surface area contributed by atoms with E-state index in [1.54, 1.807) is 30.6 Å². The Hall–Kier alpha value is -2.27. The van der Waals surface area contributed by atoms with Crippen molar-refractivity contribution in [3.63, 3.8) is 0 Å². The van der Waals surface area contributed by atoms with Gasteiger partial charge in [-0.1, -0.05) is 25.1 Å². The Morgan fingerprint density at radius 2 is 2.14 bits per heavy atom. The summed E-state index contributed by atoms with van der Waals surface area (Å²) in [7, 11) is 0. The van der Waals surface area contributed by atoms with E-state index >= 15 is 0 Å². The number of hydrogen-bond acceptors (Lipinski definition) is 3. The van der Waals surface area contributed by atoms with E-state index in [0.29, 0.717) is 12.0 Å². The van der Waals surface area contributed by atoms with Crippen LogP contribution in [-0.4, -0.2) is 22.5 Å². The molecule has 1 unspecified atom stereocenters. The van der Waals surface area contributed by atoms with Crippen LogP contribution in [0.3, 0.4) is 0 Å². The molecule has 0 saturated heterocycles. The molecule has 4 nitrogen and oxygen atoms in total. The van der Waals surface area contributed by atoms with E-state index < -0.39 is 11.9 Å². The predicted molar refractivity (Wildman–Crippen MR) is 77.3 cm³/mol. The van der Waals surface area contributed by atoms with E-state index in [9.17, 15) is 14.3 Å². The van der Waals surface area contributed by atoms with E-state index in [0.717, 1.165) is 5.56 Å². The second-order valence-corrected chi connectivity index (χ2v) is 4.63. The van der Waals surface area contributed by atoms with Crippen LogP contribution in [0.25, 0.3) is 0 Å². The molecule has 2 rings (SSSR count). The number of carbonyl (C=O) groups excluding carboxylic acids is 1. The third kappa shape index (κ3) is 3.64. The third-order valence-corrected chi connectivity index (χ3v) is 3.25. The Kier molecular flexibility index (Phi) is 5.00. The van der Waals surface area contributed by atoms with Gasteiger partial charge >= 0.3 is 0 Å².